The highest BCUT2D eigenvalue weighted by Crippen LogP contribution is 2.24. The summed E-state index contributed by atoms with van der Waals surface area (Å²) >= 11 is 0. The van der Waals surface area contributed by atoms with Gasteiger partial charge in [-0.25, -0.2) is 4.79 Å². The van der Waals surface area contributed by atoms with Crippen LogP contribution in [-0.2, 0) is 22.8 Å². The van der Waals surface area contributed by atoms with Crippen LogP contribution in [-0.4, -0.2) is 40.3 Å². The molecule has 0 saturated heterocycles. The summed E-state index contributed by atoms with van der Waals surface area (Å²) in [6, 6.07) is 0. The molecular weight excluding hydrogens is 348 g/mol. The van der Waals surface area contributed by atoms with E-state index >= 15 is 0 Å². The van der Waals surface area contributed by atoms with Crippen molar-refractivity contribution in [1.82, 2.24) is 0 Å². The van der Waals surface area contributed by atoms with E-state index < -0.39 is 20.5 Å². The van der Waals surface area contributed by atoms with E-state index in [-0.39, 0.29) is 0 Å². The van der Waals surface area contributed by atoms with Crippen molar-refractivity contribution in [3.05, 3.63) is 12.7 Å². The molecule has 0 spiro atoms. The number of carbonyl (C=O) groups excluding carboxylic acids is 1. The van der Waals surface area contributed by atoms with Gasteiger partial charge < -0.3 is 18.0 Å². The Hall–Kier alpha value is -0.693. The van der Waals surface area contributed by atoms with Crippen molar-refractivity contribution in [2.24, 2.45) is 0 Å². The fourth-order valence-electron chi connectivity index (χ4n) is 2.97. The molecule has 0 aromatic rings. The van der Waals surface area contributed by atoms with Gasteiger partial charge in [-0.2, -0.15) is 0 Å². The number of hydrogen-bond acceptors (Lipinski definition) is 5. The maximum atomic E-state index is 11.8. The molecule has 0 rings (SSSR count). The molecule has 0 heterocycles. The van der Waals surface area contributed by atoms with Gasteiger partial charge in [-0.3, -0.25) is 0 Å². The standard InChI is InChI=1S/C20H40O5Si/c1-6-11-12-13-14-15-16-17-18-20(25-19(21)7-2)26(22-8-3,23-9-4)24-10-5/h7,20H,2,6,8-18H2,1,3-5H3. The predicted octanol–water partition coefficient (Wildman–Crippen LogP) is 5.20. The number of carbonyl (C=O) groups is 1. The smallest absolute Gasteiger partial charge is 0.455 e. The fraction of sp³-hybridized carbons (Fsp3) is 0.850. The predicted molar refractivity (Wildman–Crippen MR) is 108 cm³/mol. The summed E-state index contributed by atoms with van der Waals surface area (Å²) < 4.78 is 23.4. The molecule has 0 radical (unpaired) electrons. The maximum Gasteiger partial charge on any atom is 0.544 e. The minimum Gasteiger partial charge on any atom is -0.455 e. The van der Waals surface area contributed by atoms with Crippen molar-refractivity contribution >= 4 is 14.8 Å². The van der Waals surface area contributed by atoms with Crippen LogP contribution in [0.15, 0.2) is 12.7 Å². The molecule has 0 aliphatic carbocycles. The Kier molecular flexibility index (Phi) is 16.0. The second-order valence-electron chi connectivity index (χ2n) is 6.30. The van der Waals surface area contributed by atoms with Crippen LogP contribution in [0, 0.1) is 0 Å². The summed E-state index contributed by atoms with van der Waals surface area (Å²) in [5.74, 6) is -0.453. The Bertz CT molecular complexity index is 345. The van der Waals surface area contributed by atoms with E-state index in [0.29, 0.717) is 26.2 Å². The highest BCUT2D eigenvalue weighted by atomic mass is 28.4. The van der Waals surface area contributed by atoms with E-state index in [4.69, 9.17) is 18.0 Å². The van der Waals surface area contributed by atoms with Gasteiger partial charge >= 0.3 is 14.8 Å². The third kappa shape index (κ3) is 10.5. The third-order valence-corrected chi connectivity index (χ3v) is 7.44. The average Bonchev–Trinajstić information content (AvgIpc) is 2.63. The molecule has 0 fully saturated rings. The zero-order valence-electron chi connectivity index (χ0n) is 17.4. The maximum absolute atomic E-state index is 11.8. The zero-order valence-corrected chi connectivity index (χ0v) is 18.4. The summed E-state index contributed by atoms with van der Waals surface area (Å²) in [6.45, 7) is 12.8. The van der Waals surface area contributed by atoms with Gasteiger partial charge in [0.05, 0.1) is 0 Å². The molecule has 0 aromatic carbocycles. The number of hydrogen-bond donors (Lipinski definition) is 0. The molecule has 0 aromatic heterocycles. The molecule has 0 aliphatic heterocycles. The Labute approximate surface area is 161 Å². The van der Waals surface area contributed by atoms with Gasteiger partial charge in [-0.05, 0) is 33.6 Å². The van der Waals surface area contributed by atoms with Crippen LogP contribution in [0.5, 0.6) is 0 Å². The molecule has 5 nitrogen and oxygen atoms in total. The van der Waals surface area contributed by atoms with Crippen molar-refractivity contribution < 1.29 is 22.8 Å². The molecule has 0 bridgehead atoms. The highest BCUT2D eigenvalue weighted by molar-refractivity contribution is 6.62. The van der Waals surface area contributed by atoms with Crippen LogP contribution in [0.3, 0.4) is 0 Å². The topological polar surface area (TPSA) is 54.0 Å². The van der Waals surface area contributed by atoms with Crippen LogP contribution in [0.1, 0.15) is 85.5 Å². The quantitative estimate of drug-likeness (QED) is 0.140. The van der Waals surface area contributed by atoms with E-state index in [2.05, 4.69) is 13.5 Å². The van der Waals surface area contributed by atoms with E-state index in [1.165, 1.54) is 44.6 Å². The molecular formula is C20H40O5Si. The molecule has 0 amide bonds. The van der Waals surface area contributed by atoms with E-state index in [1.54, 1.807) is 0 Å². The minimum atomic E-state index is -3.08. The summed E-state index contributed by atoms with van der Waals surface area (Å²) in [6.07, 6.45) is 11.7. The SMILES string of the molecule is C=CC(=O)OC(CCCCCCCCCC)[Si](OCC)(OCC)OCC. The van der Waals surface area contributed by atoms with Crippen molar-refractivity contribution in [3.63, 3.8) is 0 Å². The van der Waals surface area contributed by atoms with E-state index in [1.807, 2.05) is 20.8 Å². The minimum absolute atomic E-state index is 0.453. The Morgan fingerprint density at radius 2 is 1.31 bits per heavy atom. The van der Waals surface area contributed by atoms with E-state index in [0.717, 1.165) is 12.8 Å². The molecule has 0 saturated carbocycles. The Balaban J connectivity index is 4.73. The second-order valence-corrected chi connectivity index (χ2v) is 9.01. The largest absolute Gasteiger partial charge is 0.544 e. The van der Waals surface area contributed by atoms with Crippen LogP contribution in [0.4, 0.5) is 0 Å². The van der Waals surface area contributed by atoms with Crippen LogP contribution < -0.4 is 0 Å². The van der Waals surface area contributed by atoms with Crippen molar-refractivity contribution in [2.45, 2.75) is 91.2 Å². The van der Waals surface area contributed by atoms with Gasteiger partial charge in [-0.1, -0.05) is 58.4 Å². The van der Waals surface area contributed by atoms with Crippen LogP contribution in [0.2, 0.25) is 0 Å². The summed E-state index contributed by atoms with van der Waals surface area (Å²) in [7, 11) is -3.08. The number of ether oxygens (including phenoxy) is 1. The lowest BCUT2D eigenvalue weighted by Gasteiger charge is -2.34. The monoisotopic (exact) mass is 388 g/mol. The number of rotatable bonds is 18. The van der Waals surface area contributed by atoms with Crippen molar-refractivity contribution in [2.75, 3.05) is 19.8 Å². The number of unbranched alkanes of at least 4 members (excludes halogenated alkanes) is 7. The van der Waals surface area contributed by atoms with Gasteiger partial charge in [-0.15, -0.1) is 0 Å². The van der Waals surface area contributed by atoms with Crippen LogP contribution in [0.25, 0.3) is 0 Å². The van der Waals surface area contributed by atoms with E-state index in [9.17, 15) is 4.79 Å². The Morgan fingerprint density at radius 3 is 1.73 bits per heavy atom. The third-order valence-electron chi connectivity index (χ3n) is 4.18. The first-order chi connectivity index (χ1) is 12.6. The first-order valence-electron chi connectivity index (χ1n) is 10.3. The van der Waals surface area contributed by atoms with Crippen molar-refractivity contribution in [1.29, 1.82) is 0 Å². The lowest BCUT2D eigenvalue weighted by Crippen LogP contribution is -2.58. The number of esters is 1. The van der Waals surface area contributed by atoms with Gasteiger partial charge in [0.1, 0.15) is 0 Å². The first kappa shape index (κ1) is 25.3. The van der Waals surface area contributed by atoms with Gasteiger partial charge in [0.2, 0.25) is 0 Å². The summed E-state index contributed by atoms with van der Waals surface area (Å²) in [4.78, 5) is 11.8. The summed E-state index contributed by atoms with van der Waals surface area (Å²) in [5.41, 5.74) is -0.479. The fourth-order valence-corrected chi connectivity index (χ4v) is 5.80. The lowest BCUT2D eigenvalue weighted by molar-refractivity contribution is -0.143. The molecule has 0 aliphatic rings. The Morgan fingerprint density at radius 1 is 0.846 bits per heavy atom. The summed E-state index contributed by atoms with van der Waals surface area (Å²) in [5, 5.41) is 0. The molecule has 6 heteroatoms. The zero-order chi connectivity index (χ0) is 19.7. The molecule has 1 atom stereocenters. The van der Waals surface area contributed by atoms with Gasteiger partial charge in [0, 0.05) is 25.9 Å². The normalized spacial score (nSPS) is 12.8. The molecule has 154 valence electrons. The molecule has 26 heavy (non-hydrogen) atoms. The second kappa shape index (κ2) is 16.5. The van der Waals surface area contributed by atoms with Crippen molar-refractivity contribution in [3.8, 4) is 0 Å². The highest BCUT2D eigenvalue weighted by Gasteiger charge is 2.51. The molecule has 0 N–H and O–H groups in total. The average molecular weight is 389 g/mol. The van der Waals surface area contributed by atoms with Gasteiger partial charge in [0.15, 0.2) is 5.73 Å². The molecule has 1 unspecified atom stereocenters. The van der Waals surface area contributed by atoms with Crippen LogP contribution >= 0.6 is 0 Å². The van der Waals surface area contributed by atoms with Gasteiger partial charge in [0.25, 0.3) is 0 Å². The first-order valence-corrected chi connectivity index (χ1v) is 12.1. The lowest BCUT2D eigenvalue weighted by atomic mass is 10.1.